The fourth-order valence-corrected chi connectivity index (χ4v) is 2.13. The third kappa shape index (κ3) is 3.23. The molecule has 19 heavy (non-hydrogen) atoms. The van der Waals surface area contributed by atoms with Gasteiger partial charge in [-0.2, -0.15) is 0 Å². The molecule has 0 saturated heterocycles. The molecule has 2 rings (SSSR count). The zero-order valence-corrected chi connectivity index (χ0v) is 12.2. The highest BCUT2D eigenvalue weighted by molar-refractivity contribution is 9.10. The first-order valence-corrected chi connectivity index (χ1v) is 6.61. The van der Waals surface area contributed by atoms with Gasteiger partial charge in [-0.1, -0.05) is 6.07 Å². The molecular weight excluding hydrogens is 311 g/mol. The Balaban J connectivity index is 2.24. The summed E-state index contributed by atoms with van der Waals surface area (Å²) in [6.45, 7) is 1.88. The average Bonchev–Trinajstić information content (AvgIpc) is 2.40. The number of hydrogen-bond acceptors (Lipinski definition) is 3. The maximum absolute atomic E-state index is 13.9. The van der Waals surface area contributed by atoms with Crippen molar-refractivity contribution in [2.75, 3.05) is 12.4 Å². The first-order chi connectivity index (χ1) is 9.11. The van der Waals surface area contributed by atoms with Crippen molar-refractivity contribution in [1.29, 1.82) is 0 Å². The zero-order valence-electron chi connectivity index (χ0n) is 10.7. The molecule has 100 valence electrons. The topological polar surface area (TPSA) is 34.1 Å². The van der Waals surface area contributed by atoms with Crippen LogP contribution in [0.3, 0.4) is 0 Å². The molecule has 0 fully saturated rings. The minimum Gasteiger partial charge on any atom is -0.496 e. The Hall–Kier alpha value is -1.62. The minimum atomic E-state index is -0.288. The third-order valence-corrected chi connectivity index (χ3v) is 3.25. The van der Waals surface area contributed by atoms with Gasteiger partial charge in [0.25, 0.3) is 0 Å². The van der Waals surface area contributed by atoms with Crippen LogP contribution in [0, 0.1) is 5.82 Å². The second-order valence-electron chi connectivity index (χ2n) is 4.09. The number of benzene rings is 1. The smallest absolute Gasteiger partial charge is 0.132 e. The van der Waals surface area contributed by atoms with E-state index >= 15 is 0 Å². The molecule has 0 radical (unpaired) electrons. The molecule has 0 aliphatic heterocycles. The second-order valence-corrected chi connectivity index (χ2v) is 4.90. The second kappa shape index (κ2) is 6.02. The number of nitrogens with zero attached hydrogens (tertiary/aromatic N) is 1. The summed E-state index contributed by atoms with van der Waals surface area (Å²) in [6.07, 6.45) is 1.69. The minimum absolute atomic E-state index is 0.223. The van der Waals surface area contributed by atoms with Crippen LogP contribution >= 0.6 is 15.9 Å². The highest BCUT2D eigenvalue weighted by Crippen LogP contribution is 2.30. The molecule has 0 aliphatic rings. The maximum atomic E-state index is 13.9. The SMILES string of the molecule is COc1cccc(F)c1C(C)Nc1ccc(Br)nc1. The van der Waals surface area contributed by atoms with Gasteiger partial charge >= 0.3 is 0 Å². The van der Waals surface area contributed by atoms with Crippen LogP contribution in [0.5, 0.6) is 5.75 Å². The molecule has 1 N–H and O–H groups in total. The van der Waals surface area contributed by atoms with Crippen LogP contribution in [0.15, 0.2) is 41.1 Å². The number of rotatable bonds is 4. The lowest BCUT2D eigenvalue weighted by Gasteiger charge is -2.18. The predicted molar refractivity (Wildman–Crippen MR) is 76.9 cm³/mol. The molecule has 1 heterocycles. The largest absolute Gasteiger partial charge is 0.496 e. The van der Waals surface area contributed by atoms with Gasteiger partial charge in [0.1, 0.15) is 16.2 Å². The fourth-order valence-electron chi connectivity index (χ4n) is 1.90. The van der Waals surface area contributed by atoms with Crippen molar-refractivity contribution in [1.82, 2.24) is 4.98 Å². The van der Waals surface area contributed by atoms with E-state index in [0.29, 0.717) is 11.3 Å². The number of ether oxygens (including phenoxy) is 1. The van der Waals surface area contributed by atoms with E-state index in [1.807, 2.05) is 19.1 Å². The number of pyridine rings is 1. The molecule has 1 atom stereocenters. The maximum Gasteiger partial charge on any atom is 0.132 e. The van der Waals surface area contributed by atoms with Gasteiger partial charge in [0.15, 0.2) is 0 Å². The molecule has 1 aromatic carbocycles. The molecule has 1 unspecified atom stereocenters. The predicted octanol–water partition coefficient (Wildman–Crippen LogP) is 4.16. The van der Waals surface area contributed by atoms with Gasteiger partial charge in [-0.05, 0) is 47.1 Å². The highest BCUT2D eigenvalue weighted by Gasteiger charge is 2.16. The van der Waals surface area contributed by atoms with Crippen molar-refractivity contribution in [3.8, 4) is 5.75 Å². The van der Waals surface area contributed by atoms with E-state index in [1.54, 1.807) is 18.3 Å². The first-order valence-electron chi connectivity index (χ1n) is 5.82. The van der Waals surface area contributed by atoms with Crippen LogP contribution < -0.4 is 10.1 Å². The number of aromatic nitrogens is 1. The lowest BCUT2D eigenvalue weighted by Crippen LogP contribution is -2.10. The van der Waals surface area contributed by atoms with E-state index in [-0.39, 0.29) is 11.9 Å². The van der Waals surface area contributed by atoms with E-state index < -0.39 is 0 Å². The van der Waals surface area contributed by atoms with Crippen LogP contribution in [0.2, 0.25) is 0 Å². The monoisotopic (exact) mass is 324 g/mol. The molecule has 0 aliphatic carbocycles. The third-order valence-electron chi connectivity index (χ3n) is 2.78. The summed E-state index contributed by atoms with van der Waals surface area (Å²) in [5.41, 5.74) is 1.33. The van der Waals surface area contributed by atoms with Gasteiger partial charge in [0.2, 0.25) is 0 Å². The summed E-state index contributed by atoms with van der Waals surface area (Å²) in [6, 6.07) is 8.28. The van der Waals surface area contributed by atoms with E-state index in [1.165, 1.54) is 13.2 Å². The van der Waals surface area contributed by atoms with E-state index in [9.17, 15) is 4.39 Å². The summed E-state index contributed by atoms with van der Waals surface area (Å²) >= 11 is 3.27. The number of hydrogen-bond donors (Lipinski definition) is 1. The molecule has 0 amide bonds. The number of anilines is 1. The average molecular weight is 325 g/mol. The van der Waals surface area contributed by atoms with Crippen molar-refractivity contribution in [3.63, 3.8) is 0 Å². The number of nitrogens with one attached hydrogen (secondary N) is 1. The van der Waals surface area contributed by atoms with Crippen LogP contribution in [0.4, 0.5) is 10.1 Å². The van der Waals surface area contributed by atoms with Gasteiger partial charge < -0.3 is 10.1 Å². The van der Waals surface area contributed by atoms with Crippen molar-refractivity contribution in [3.05, 3.63) is 52.5 Å². The Morgan fingerprint density at radius 1 is 1.32 bits per heavy atom. The molecule has 3 nitrogen and oxygen atoms in total. The van der Waals surface area contributed by atoms with E-state index in [4.69, 9.17) is 4.74 Å². The molecular formula is C14H14BrFN2O. The lowest BCUT2D eigenvalue weighted by atomic mass is 10.1. The molecule has 0 saturated carbocycles. The quantitative estimate of drug-likeness (QED) is 0.857. The Labute approximate surface area is 119 Å². The molecule has 2 aromatic rings. The van der Waals surface area contributed by atoms with Crippen LogP contribution in [0.25, 0.3) is 0 Å². The molecule has 1 aromatic heterocycles. The zero-order chi connectivity index (χ0) is 13.8. The van der Waals surface area contributed by atoms with Crippen molar-refractivity contribution < 1.29 is 9.13 Å². The Kier molecular flexibility index (Phi) is 4.37. The van der Waals surface area contributed by atoms with E-state index in [0.717, 1.165) is 10.3 Å². The Morgan fingerprint density at radius 3 is 2.74 bits per heavy atom. The normalized spacial score (nSPS) is 12.0. The van der Waals surface area contributed by atoms with Gasteiger partial charge in [-0.15, -0.1) is 0 Å². The standard InChI is InChI=1S/C14H14BrFN2O/c1-9(18-10-6-7-13(15)17-8-10)14-11(16)4-3-5-12(14)19-2/h3-9,18H,1-2H3. The van der Waals surface area contributed by atoms with Gasteiger partial charge in [0, 0.05) is 0 Å². The molecule has 0 spiro atoms. The summed E-state index contributed by atoms with van der Waals surface area (Å²) in [5, 5.41) is 3.20. The summed E-state index contributed by atoms with van der Waals surface area (Å²) in [5.74, 6) is 0.245. The Morgan fingerprint density at radius 2 is 2.11 bits per heavy atom. The van der Waals surface area contributed by atoms with Crippen LogP contribution in [-0.4, -0.2) is 12.1 Å². The van der Waals surface area contributed by atoms with Crippen LogP contribution in [-0.2, 0) is 0 Å². The van der Waals surface area contributed by atoms with E-state index in [2.05, 4.69) is 26.2 Å². The summed E-state index contributed by atoms with van der Waals surface area (Å²) in [4.78, 5) is 4.12. The number of halogens is 2. The lowest BCUT2D eigenvalue weighted by molar-refractivity contribution is 0.402. The summed E-state index contributed by atoms with van der Waals surface area (Å²) in [7, 11) is 1.53. The number of methoxy groups -OCH3 is 1. The highest BCUT2D eigenvalue weighted by atomic mass is 79.9. The summed E-state index contributed by atoms with van der Waals surface area (Å²) < 4.78 is 19.9. The molecule has 0 bridgehead atoms. The van der Waals surface area contributed by atoms with Gasteiger partial charge in [0.05, 0.1) is 30.6 Å². The van der Waals surface area contributed by atoms with Crippen molar-refractivity contribution in [2.24, 2.45) is 0 Å². The van der Waals surface area contributed by atoms with Crippen LogP contribution in [0.1, 0.15) is 18.5 Å². The fraction of sp³-hybridized carbons (Fsp3) is 0.214. The van der Waals surface area contributed by atoms with Crippen molar-refractivity contribution >= 4 is 21.6 Å². The van der Waals surface area contributed by atoms with Crippen molar-refractivity contribution in [2.45, 2.75) is 13.0 Å². The van der Waals surface area contributed by atoms with Gasteiger partial charge in [-0.25, -0.2) is 9.37 Å². The first kappa shape index (κ1) is 13.8. The Bertz CT molecular complexity index is 560. The molecule has 5 heteroatoms. The van der Waals surface area contributed by atoms with Gasteiger partial charge in [-0.3, -0.25) is 0 Å².